The minimum absolute atomic E-state index is 0.129. The highest BCUT2D eigenvalue weighted by Crippen LogP contribution is 2.36. The van der Waals surface area contributed by atoms with E-state index in [-0.39, 0.29) is 10.5 Å². The molecule has 0 aromatic heterocycles. The van der Waals surface area contributed by atoms with E-state index in [4.69, 9.17) is 11.6 Å². The zero-order valence-electron chi connectivity index (χ0n) is 13.7. The van der Waals surface area contributed by atoms with Gasteiger partial charge in [0, 0.05) is 5.56 Å². The molecule has 4 amide bonds. The van der Waals surface area contributed by atoms with Gasteiger partial charge in [-0.25, -0.2) is 14.1 Å². The van der Waals surface area contributed by atoms with Gasteiger partial charge in [-0.15, -0.1) is 0 Å². The van der Waals surface area contributed by atoms with Crippen LogP contribution in [0.25, 0.3) is 0 Å². The smallest absolute Gasteiger partial charge is 0.314 e. The maximum atomic E-state index is 13.8. The molecule has 0 bridgehead atoms. The van der Waals surface area contributed by atoms with Crippen molar-refractivity contribution in [2.45, 2.75) is 11.8 Å². The summed E-state index contributed by atoms with van der Waals surface area (Å²) in [4.78, 5) is 37.2. The first kappa shape index (κ1) is 19.6. The topological polar surface area (TPSA) is 78.5 Å². The van der Waals surface area contributed by atoms with E-state index in [1.807, 2.05) is 0 Å². The van der Waals surface area contributed by atoms with Crippen LogP contribution in [0.4, 0.5) is 28.0 Å². The lowest BCUT2D eigenvalue weighted by Gasteiger charge is -2.29. The molecule has 2 aromatic rings. The molecule has 1 aliphatic rings. The SMILES string of the molecule is O=C(NC1(C(F)(F)F)NC(=O)N(c2ccc(F)c(Cl)c2)C1=O)c1ccccc1. The summed E-state index contributed by atoms with van der Waals surface area (Å²) in [6.07, 6.45) is -5.37. The number of rotatable bonds is 3. The van der Waals surface area contributed by atoms with E-state index in [1.165, 1.54) is 29.6 Å². The highest BCUT2D eigenvalue weighted by atomic mass is 35.5. The van der Waals surface area contributed by atoms with E-state index >= 15 is 0 Å². The van der Waals surface area contributed by atoms with Crippen LogP contribution < -0.4 is 15.5 Å². The Bertz CT molecular complexity index is 968. The lowest BCUT2D eigenvalue weighted by molar-refractivity contribution is -0.197. The zero-order chi connectivity index (χ0) is 20.7. The Morgan fingerprint density at radius 3 is 2.32 bits per heavy atom. The third kappa shape index (κ3) is 3.15. The molecule has 1 saturated heterocycles. The van der Waals surface area contributed by atoms with Gasteiger partial charge in [-0.2, -0.15) is 13.2 Å². The number of carbonyl (C=O) groups excluding carboxylic acids is 3. The maximum Gasteiger partial charge on any atom is 0.440 e. The third-order valence-electron chi connectivity index (χ3n) is 3.95. The summed E-state index contributed by atoms with van der Waals surface area (Å²) in [7, 11) is 0. The van der Waals surface area contributed by atoms with Crippen LogP contribution >= 0.6 is 11.6 Å². The van der Waals surface area contributed by atoms with Gasteiger partial charge >= 0.3 is 12.2 Å². The van der Waals surface area contributed by atoms with E-state index in [1.54, 1.807) is 11.4 Å². The molecule has 0 aliphatic carbocycles. The number of halogens is 5. The predicted molar refractivity (Wildman–Crippen MR) is 90.1 cm³/mol. The number of carbonyl (C=O) groups is 3. The quantitative estimate of drug-likeness (QED) is 0.597. The Kier molecular flexibility index (Phi) is 4.76. The second-order valence-electron chi connectivity index (χ2n) is 5.74. The van der Waals surface area contributed by atoms with Crippen molar-refractivity contribution < 1.29 is 31.9 Å². The first-order valence-corrected chi connectivity index (χ1v) is 8.00. The fourth-order valence-corrected chi connectivity index (χ4v) is 2.74. The van der Waals surface area contributed by atoms with E-state index < -0.39 is 46.2 Å². The molecule has 2 aromatic carbocycles. The number of imide groups is 1. The summed E-state index contributed by atoms with van der Waals surface area (Å²) in [6.45, 7) is 0. The molecular formula is C17H10ClF4N3O3. The maximum absolute atomic E-state index is 13.8. The van der Waals surface area contributed by atoms with Crippen molar-refractivity contribution in [1.82, 2.24) is 10.6 Å². The summed E-state index contributed by atoms with van der Waals surface area (Å²) in [6, 6.07) is 7.89. The van der Waals surface area contributed by atoms with Gasteiger partial charge in [0.1, 0.15) is 5.82 Å². The van der Waals surface area contributed by atoms with Crippen LogP contribution in [0.1, 0.15) is 10.4 Å². The normalized spacial score (nSPS) is 19.5. The Morgan fingerprint density at radius 1 is 1.11 bits per heavy atom. The largest absolute Gasteiger partial charge is 0.440 e. The van der Waals surface area contributed by atoms with Crippen molar-refractivity contribution >= 4 is 35.1 Å². The number of nitrogens with zero attached hydrogens (tertiary/aromatic N) is 1. The van der Waals surface area contributed by atoms with Crippen LogP contribution in [0.2, 0.25) is 5.02 Å². The Hall–Kier alpha value is -3.14. The summed E-state index contributed by atoms with van der Waals surface area (Å²) in [5.74, 6) is -3.93. The van der Waals surface area contributed by atoms with Crippen molar-refractivity contribution in [2.24, 2.45) is 0 Å². The zero-order valence-corrected chi connectivity index (χ0v) is 14.4. The standard InChI is InChI=1S/C17H10ClF4N3O3/c18-11-8-10(6-7-12(11)19)25-14(27)16(17(20,21)22,24-15(25)28)23-13(26)9-4-2-1-3-5-9/h1-8H,(H,23,26)(H,24,28). The van der Waals surface area contributed by atoms with Crippen molar-refractivity contribution in [1.29, 1.82) is 0 Å². The first-order chi connectivity index (χ1) is 13.1. The Balaban J connectivity index is 2.02. The second kappa shape index (κ2) is 6.79. The van der Waals surface area contributed by atoms with E-state index in [2.05, 4.69) is 0 Å². The number of anilines is 1. The van der Waals surface area contributed by atoms with Gasteiger partial charge in [-0.3, -0.25) is 14.9 Å². The summed E-state index contributed by atoms with van der Waals surface area (Å²) in [5.41, 5.74) is -4.25. The van der Waals surface area contributed by atoms with Crippen LogP contribution in [-0.2, 0) is 4.79 Å². The number of amides is 4. The van der Waals surface area contributed by atoms with Crippen molar-refractivity contribution in [2.75, 3.05) is 4.90 Å². The van der Waals surface area contributed by atoms with E-state index in [0.29, 0.717) is 0 Å². The minimum Gasteiger partial charge on any atom is -0.314 e. The molecule has 1 unspecified atom stereocenters. The third-order valence-corrected chi connectivity index (χ3v) is 4.23. The molecule has 6 nitrogen and oxygen atoms in total. The number of hydrogen-bond acceptors (Lipinski definition) is 3. The lowest BCUT2D eigenvalue weighted by atomic mass is 10.1. The van der Waals surface area contributed by atoms with Gasteiger partial charge in [-0.1, -0.05) is 29.8 Å². The number of urea groups is 1. The molecule has 1 heterocycles. The molecule has 2 N–H and O–H groups in total. The number of hydrogen-bond donors (Lipinski definition) is 2. The molecule has 1 atom stereocenters. The van der Waals surface area contributed by atoms with Crippen LogP contribution in [0.15, 0.2) is 48.5 Å². The average molecular weight is 416 g/mol. The van der Waals surface area contributed by atoms with Crippen LogP contribution in [0, 0.1) is 5.82 Å². The molecular weight excluding hydrogens is 406 g/mol. The monoisotopic (exact) mass is 415 g/mol. The highest BCUT2D eigenvalue weighted by molar-refractivity contribution is 6.31. The molecule has 0 radical (unpaired) electrons. The number of benzene rings is 2. The molecule has 1 fully saturated rings. The van der Waals surface area contributed by atoms with Gasteiger partial charge in [0.25, 0.3) is 17.5 Å². The molecule has 1 aliphatic heterocycles. The predicted octanol–water partition coefficient (Wildman–Crippen LogP) is 3.22. The highest BCUT2D eigenvalue weighted by Gasteiger charge is 2.69. The minimum atomic E-state index is -5.37. The van der Waals surface area contributed by atoms with E-state index in [9.17, 15) is 31.9 Å². The van der Waals surface area contributed by atoms with Crippen LogP contribution in [0.5, 0.6) is 0 Å². The summed E-state index contributed by atoms with van der Waals surface area (Å²) in [5, 5.41) is 2.54. The number of nitrogens with one attached hydrogen (secondary N) is 2. The van der Waals surface area contributed by atoms with Crippen LogP contribution in [0.3, 0.4) is 0 Å². The second-order valence-corrected chi connectivity index (χ2v) is 6.14. The fraction of sp³-hybridized carbons (Fsp3) is 0.118. The van der Waals surface area contributed by atoms with Gasteiger partial charge in [0.05, 0.1) is 10.7 Å². The van der Waals surface area contributed by atoms with Gasteiger partial charge in [-0.05, 0) is 30.3 Å². The summed E-state index contributed by atoms with van der Waals surface area (Å²) >= 11 is 5.58. The van der Waals surface area contributed by atoms with Crippen molar-refractivity contribution in [3.63, 3.8) is 0 Å². The molecule has 11 heteroatoms. The molecule has 0 spiro atoms. The molecule has 0 saturated carbocycles. The van der Waals surface area contributed by atoms with Crippen molar-refractivity contribution in [3.05, 3.63) is 64.9 Å². The Morgan fingerprint density at radius 2 is 1.75 bits per heavy atom. The van der Waals surface area contributed by atoms with E-state index in [0.717, 1.165) is 18.2 Å². The van der Waals surface area contributed by atoms with Gasteiger partial charge in [0.15, 0.2) is 0 Å². The molecule has 3 rings (SSSR count). The Labute approximate surface area is 160 Å². The fourth-order valence-electron chi connectivity index (χ4n) is 2.57. The summed E-state index contributed by atoms with van der Waals surface area (Å²) < 4.78 is 54.7. The molecule has 146 valence electrons. The van der Waals surface area contributed by atoms with Crippen LogP contribution in [-0.4, -0.2) is 29.7 Å². The van der Waals surface area contributed by atoms with Gasteiger partial charge < -0.3 is 5.32 Å². The molecule has 28 heavy (non-hydrogen) atoms. The first-order valence-electron chi connectivity index (χ1n) is 7.63. The van der Waals surface area contributed by atoms with Crippen molar-refractivity contribution in [3.8, 4) is 0 Å². The average Bonchev–Trinajstić information content (AvgIpc) is 2.89. The van der Waals surface area contributed by atoms with Gasteiger partial charge in [0.2, 0.25) is 0 Å². The lowest BCUT2D eigenvalue weighted by Crippen LogP contribution is -2.69. The number of alkyl halides is 3.